The highest BCUT2D eigenvalue weighted by Crippen LogP contribution is 2.17. The molecule has 7 heteroatoms. The monoisotopic (exact) mass is 313 g/mol. The molecular formula is C14H23N3O3S. The lowest BCUT2D eigenvalue weighted by atomic mass is 10.1. The predicted molar refractivity (Wildman–Crippen MR) is 81.8 cm³/mol. The van der Waals surface area contributed by atoms with Gasteiger partial charge in [-0.15, -0.1) is 0 Å². The van der Waals surface area contributed by atoms with Gasteiger partial charge in [-0.2, -0.15) is 0 Å². The second-order valence-electron chi connectivity index (χ2n) is 5.20. The highest BCUT2D eigenvalue weighted by atomic mass is 32.2. The molecule has 0 amide bonds. The van der Waals surface area contributed by atoms with Gasteiger partial charge in [0.2, 0.25) is 10.0 Å². The molecule has 0 saturated carbocycles. The Balaban J connectivity index is 1.95. The van der Waals surface area contributed by atoms with Gasteiger partial charge in [-0.1, -0.05) is 0 Å². The smallest absolute Gasteiger partial charge is 0.240 e. The van der Waals surface area contributed by atoms with Crippen molar-refractivity contribution in [3.05, 3.63) is 24.3 Å². The number of rotatable bonds is 6. The summed E-state index contributed by atoms with van der Waals surface area (Å²) in [5.74, 6) is 0.643. The minimum Gasteiger partial charge on any atom is -0.497 e. The normalized spacial score (nSPS) is 17.8. The van der Waals surface area contributed by atoms with E-state index in [0.717, 1.165) is 32.5 Å². The first kappa shape index (κ1) is 16.2. The van der Waals surface area contributed by atoms with E-state index in [0.29, 0.717) is 12.3 Å². The second kappa shape index (κ2) is 7.22. The van der Waals surface area contributed by atoms with Crippen LogP contribution in [0.1, 0.15) is 12.8 Å². The van der Waals surface area contributed by atoms with Crippen molar-refractivity contribution < 1.29 is 13.2 Å². The Hall–Kier alpha value is -1.15. The van der Waals surface area contributed by atoms with Gasteiger partial charge < -0.3 is 15.4 Å². The average molecular weight is 313 g/mol. The first-order chi connectivity index (χ1) is 10.0. The number of likely N-dealkylation sites (tertiary alicyclic amines) is 1. The van der Waals surface area contributed by atoms with Crippen LogP contribution in [-0.4, -0.2) is 52.6 Å². The minimum atomic E-state index is -3.46. The van der Waals surface area contributed by atoms with E-state index in [1.54, 1.807) is 31.4 Å². The summed E-state index contributed by atoms with van der Waals surface area (Å²) >= 11 is 0. The van der Waals surface area contributed by atoms with E-state index >= 15 is 0 Å². The standard InChI is InChI=1S/C14H23N3O3S/c1-20-13-2-4-14(5-3-13)21(18,19)16-12-6-9-17(10-7-12)11-8-15/h2-5,12,16H,6-11,15H2,1H3. The second-order valence-corrected chi connectivity index (χ2v) is 6.92. The van der Waals surface area contributed by atoms with Crippen molar-refractivity contribution in [3.8, 4) is 5.75 Å². The van der Waals surface area contributed by atoms with Gasteiger partial charge in [-0.25, -0.2) is 13.1 Å². The van der Waals surface area contributed by atoms with E-state index in [1.807, 2.05) is 0 Å². The van der Waals surface area contributed by atoms with Crippen molar-refractivity contribution in [2.24, 2.45) is 5.73 Å². The van der Waals surface area contributed by atoms with Crippen LogP contribution in [0.5, 0.6) is 5.75 Å². The molecule has 1 heterocycles. The van der Waals surface area contributed by atoms with E-state index in [9.17, 15) is 8.42 Å². The van der Waals surface area contributed by atoms with Crippen LogP contribution in [0.25, 0.3) is 0 Å². The zero-order valence-electron chi connectivity index (χ0n) is 12.3. The molecule has 0 aromatic heterocycles. The first-order valence-corrected chi connectivity index (χ1v) is 8.62. The van der Waals surface area contributed by atoms with E-state index in [1.165, 1.54) is 0 Å². The molecular weight excluding hydrogens is 290 g/mol. The van der Waals surface area contributed by atoms with Crippen molar-refractivity contribution in [3.63, 3.8) is 0 Å². The molecule has 1 fully saturated rings. The molecule has 0 radical (unpaired) electrons. The van der Waals surface area contributed by atoms with Gasteiger partial charge in [0.05, 0.1) is 12.0 Å². The third-order valence-electron chi connectivity index (χ3n) is 3.72. The Bertz CT molecular complexity index is 537. The van der Waals surface area contributed by atoms with Gasteiger partial charge in [-0.3, -0.25) is 0 Å². The molecule has 2 rings (SSSR count). The highest BCUT2D eigenvalue weighted by molar-refractivity contribution is 7.89. The maximum Gasteiger partial charge on any atom is 0.240 e. The molecule has 1 aromatic carbocycles. The summed E-state index contributed by atoms with van der Waals surface area (Å²) in [7, 11) is -1.91. The van der Waals surface area contributed by atoms with E-state index in [4.69, 9.17) is 10.5 Å². The van der Waals surface area contributed by atoms with Crippen LogP contribution in [0.2, 0.25) is 0 Å². The number of piperidine rings is 1. The summed E-state index contributed by atoms with van der Waals surface area (Å²) in [6.45, 7) is 3.28. The van der Waals surface area contributed by atoms with E-state index in [-0.39, 0.29) is 10.9 Å². The summed E-state index contributed by atoms with van der Waals surface area (Å²) in [4.78, 5) is 2.53. The lowest BCUT2D eigenvalue weighted by Gasteiger charge is -2.31. The van der Waals surface area contributed by atoms with E-state index < -0.39 is 10.0 Å². The van der Waals surface area contributed by atoms with Gasteiger partial charge in [0, 0.05) is 19.1 Å². The van der Waals surface area contributed by atoms with Gasteiger partial charge in [-0.05, 0) is 50.2 Å². The number of ether oxygens (including phenoxy) is 1. The lowest BCUT2D eigenvalue weighted by Crippen LogP contribution is -2.45. The van der Waals surface area contributed by atoms with Crippen molar-refractivity contribution >= 4 is 10.0 Å². The summed E-state index contributed by atoms with van der Waals surface area (Å²) in [6, 6.07) is 6.41. The van der Waals surface area contributed by atoms with Crippen LogP contribution in [0.3, 0.4) is 0 Å². The molecule has 1 saturated heterocycles. The number of hydrogen-bond donors (Lipinski definition) is 2. The third kappa shape index (κ3) is 4.41. The summed E-state index contributed by atoms with van der Waals surface area (Å²) in [5, 5.41) is 0. The molecule has 1 aliphatic heterocycles. The largest absolute Gasteiger partial charge is 0.497 e. The van der Waals surface area contributed by atoms with Crippen LogP contribution in [0.15, 0.2) is 29.2 Å². The van der Waals surface area contributed by atoms with Crippen molar-refractivity contribution in [2.45, 2.75) is 23.8 Å². The Morgan fingerprint density at radius 1 is 1.29 bits per heavy atom. The fourth-order valence-electron chi connectivity index (χ4n) is 2.50. The van der Waals surface area contributed by atoms with Crippen LogP contribution in [0, 0.1) is 0 Å². The molecule has 1 aliphatic rings. The maximum absolute atomic E-state index is 12.3. The summed E-state index contributed by atoms with van der Waals surface area (Å²) < 4.78 is 32.5. The molecule has 118 valence electrons. The number of benzene rings is 1. The number of nitrogens with two attached hydrogens (primary N) is 1. The van der Waals surface area contributed by atoms with Crippen LogP contribution < -0.4 is 15.2 Å². The summed E-state index contributed by atoms with van der Waals surface area (Å²) in [5.41, 5.74) is 5.53. The molecule has 6 nitrogen and oxygen atoms in total. The number of nitrogens with one attached hydrogen (secondary N) is 1. The van der Waals surface area contributed by atoms with Gasteiger partial charge in [0.1, 0.15) is 5.75 Å². The predicted octanol–water partition coefficient (Wildman–Crippen LogP) is 0.397. The maximum atomic E-state index is 12.3. The Kier molecular flexibility index (Phi) is 5.58. The van der Waals surface area contributed by atoms with Gasteiger partial charge in [0.25, 0.3) is 0 Å². The minimum absolute atomic E-state index is 0.00822. The Labute approximate surface area is 126 Å². The molecule has 0 unspecified atom stereocenters. The van der Waals surface area contributed by atoms with E-state index in [2.05, 4.69) is 9.62 Å². The van der Waals surface area contributed by atoms with Crippen molar-refractivity contribution in [2.75, 3.05) is 33.3 Å². The number of nitrogens with zero attached hydrogens (tertiary/aromatic N) is 1. The number of hydrogen-bond acceptors (Lipinski definition) is 5. The molecule has 0 spiro atoms. The quantitative estimate of drug-likeness (QED) is 0.794. The van der Waals surface area contributed by atoms with Gasteiger partial charge in [0.15, 0.2) is 0 Å². The zero-order valence-corrected chi connectivity index (χ0v) is 13.1. The Morgan fingerprint density at radius 3 is 2.43 bits per heavy atom. The van der Waals surface area contributed by atoms with Crippen LogP contribution >= 0.6 is 0 Å². The number of methoxy groups -OCH3 is 1. The third-order valence-corrected chi connectivity index (χ3v) is 5.26. The summed E-state index contributed by atoms with van der Waals surface area (Å²) in [6.07, 6.45) is 1.63. The first-order valence-electron chi connectivity index (χ1n) is 7.14. The molecule has 0 bridgehead atoms. The van der Waals surface area contributed by atoms with Crippen molar-refractivity contribution in [1.29, 1.82) is 0 Å². The topological polar surface area (TPSA) is 84.7 Å². The van der Waals surface area contributed by atoms with Crippen LogP contribution in [0.4, 0.5) is 0 Å². The zero-order chi connectivity index (χ0) is 15.3. The molecule has 21 heavy (non-hydrogen) atoms. The van der Waals surface area contributed by atoms with Crippen LogP contribution in [-0.2, 0) is 10.0 Å². The molecule has 3 N–H and O–H groups in total. The SMILES string of the molecule is COc1ccc(S(=O)(=O)NC2CCN(CCN)CC2)cc1. The fourth-order valence-corrected chi connectivity index (χ4v) is 3.80. The average Bonchev–Trinajstić information content (AvgIpc) is 2.49. The molecule has 0 aliphatic carbocycles. The molecule has 0 atom stereocenters. The van der Waals surface area contributed by atoms with Gasteiger partial charge >= 0.3 is 0 Å². The molecule has 1 aromatic rings. The lowest BCUT2D eigenvalue weighted by molar-refractivity contribution is 0.212. The Morgan fingerprint density at radius 2 is 1.90 bits per heavy atom. The van der Waals surface area contributed by atoms with Crippen molar-refractivity contribution in [1.82, 2.24) is 9.62 Å². The number of sulfonamides is 1. The fraction of sp³-hybridized carbons (Fsp3) is 0.571. The highest BCUT2D eigenvalue weighted by Gasteiger charge is 2.24.